The molecule has 0 fully saturated rings. The Balaban J connectivity index is 2.99. The van der Waals surface area contributed by atoms with Gasteiger partial charge in [0.2, 0.25) is 0 Å². The van der Waals surface area contributed by atoms with Crippen LogP contribution in [0.25, 0.3) is 0 Å². The molecule has 0 rings (SSSR count). The van der Waals surface area contributed by atoms with Gasteiger partial charge in [0.15, 0.2) is 0 Å². The van der Waals surface area contributed by atoms with E-state index in [1.807, 2.05) is 0 Å². The first kappa shape index (κ1) is 11.0. The summed E-state index contributed by atoms with van der Waals surface area (Å²) >= 11 is 3.38. The van der Waals surface area contributed by atoms with Crippen LogP contribution in [0.2, 0.25) is 0 Å². The molecule has 0 unspecified atom stereocenters. The summed E-state index contributed by atoms with van der Waals surface area (Å²) in [5, 5.41) is 1.08. The van der Waals surface area contributed by atoms with Crippen LogP contribution in [-0.4, -0.2) is 5.33 Å². The molecule has 0 aromatic rings. The van der Waals surface area contributed by atoms with Crippen LogP contribution in [0.5, 0.6) is 0 Å². The van der Waals surface area contributed by atoms with Crippen molar-refractivity contribution in [2.24, 2.45) is 0 Å². The summed E-state index contributed by atoms with van der Waals surface area (Å²) in [4.78, 5) is 0. The van der Waals surface area contributed by atoms with Crippen molar-refractivity contribution in [3.05, 3.63) is 0 Å². The number of hydrogen-bond acceptors (Lipinski definition) is 0. The molecule has 64 valence electrons. The average molecular weight is 217 g/mol. The maximum atomic E-state index is 3.38. The molecule has 0 nitrogen and oxygen atoms in total. The van der Waals surface area contributed by atoms with Crippen molar-refractivity contribution in [3.63, 3.8) is 0 Å². The zero-order valence-corrected chi connectivity index (χ0v) is 8.91. The second-order valence-corrected chi connectivity index (χ2v) is 3.40. The molecule has 0 aliphatic heterocycles. The second kappa shape index (κ2) is 10.0. The van der Waals surface area contributed by atoms with Gasteiger partial charge in [-0.3, -0.25) is 0 Å². The van der Waals surface area contributed by atoms with Gasteiger partial charge in [-0.1, -0.05) is 35.7 Å². The molecule has 11 heavy (non-hydrogen) atoms. The van der Waals surface area contributed by atoms with E-state index < -0.39 is 0 Å². The van der Waals surface area contributed by atoms with E-state index in [1.54, 1.807) is 0 Å². The van der Waals surface area contributed by atoms with E-state index in [2.05, 4.69) is 34.7 Å². The molecule has 0 saturated heterocycles. The first-order valence-electron chi connectivity index (χ1n) is 4.43. The number of rotatable bonds is 5. The molecule has 0 aliphatic rings. The smallest absolute Gasteiger partial charge is 0.00966 e. The topological polar surface area (TPSA) is 0 Å². The van der Waals surface area contributed by atoms with Crippen molar-refractivity contribution in [1.82, 2.24) is 0 Å². The third kappa shape index (κ3) is 10.0. The summed E-state index contributed by atoms with van der Waals surface area (Å²) in [6, 6.07) is 0. The maximum Gasteiger partial charge on any atom is 0.00966 e. The van der Waals surface area contributed by atoms with Gasteiger partial charge in [-0.25, -0.2) is 0 Å². The van der Waals surface area contributed by atoms with Crippen molar-refractivity contribution in [2.75, 3.05) is 5.33 Å². The minimum absolute atomic E-state index is 1.05. The van der Waals surface area contributed by atoms with E-state index in [4.69, 9.17) is 0 Å². The van der Waals surface area contributed by atoms with Crippen molar-refractivity contribution in [1.29, 1.82) is 0 Å². The van der Waals surface area contributed by atoms with E-state index in [1.165, 1.54) is 25.7 Å². The van der Waals surface area contributed by atoms with E-state index in [-0.39, 0.29) is 0 Å². The lowest BCUT2D eigenvalue weighted by Gasteiger charge is -1.88. The number of halogens is 1. The van der Waals surface area contributed by atoms with E-state index in [0.717, 1.165) is 18.2 Å². The van der Waals surface area contributed by atoms with Gasteiger partial charge in [0.25, 0.3) is 0 Å². The maximum absolute atomic E-state index is 3.38. The SMILES string of the molecule is CCCCCC#CCCCBr. The normalized spacial score (nSPS) is 8.91. The Hall–Kier alpha value is 0.0400. The Morgan fingerprint density at radius 2 is 1.64 bits per heavy atom. The molecule has 0 amide bonds. The molecule has 0 bridgehead atoms. The zero-order valence-electron chi connectivity index (χ0n) is 7.33. The molecule has 0 aromatic heterocycles. The van der Waals surface area contributed by atoms with Crippen LogP contribution in [0.1, 0.15) is 45.4 Å². The number of alkyl halides is 1. The zero-order chi connectivity index (χ0) is 8.36. The Kier molecular flexibility index (Phi) is 10.1. The number of unbranched alkanes of at least 4 members (excludes halogenated alkanes) is 4. The summed E-state index contributed by atoms with van der Waals surface area (Å²) in [6.45, 7) is 2.22. The van der Waals surface area contributed by atoms with Gasteiger partial charge in [-0.15, -0.1) is 11.8 Å². The van der Waals surface area contributed by atoms with Gasteiger partial charge < -0.3 is 0 Å². The molecule has 0 saturated carbocycles. The van der Waals surface area contributed by atoms with E-state index in [0.29, 0.717) is 0 Å². The highest BCUT2D eigenvalue weighted by molar-refractivity contribution is 9.09. The summed E-state index contributed by atoms with van der Waals surface area (Å²) in [5.41, 5.74) is 0. The van der Waals surface area contributed by atoms with Crippen molar-refractivity contribution < 1.29 is 0 Å². The Labute approximate surface area is 78.9 Å². The molecular weight excluding hydrogens is 200 g/mol. The lowest BCUT2D eigenvalue weighted by molar-refractivity contribution is 0.737. The highest BCUT2D eigenvalue weighted by Crippen LogP contribution is 1.97. The van der Waals surface area contributed by atoms with Gasteiger partial charge in [0, 0.05) is 18.2 Å². The fourth-order valence-corrected chi connectivity index (χ4v) is 1.08. The second-order valence-electron chi connectivity index (χ2n) is 2.60. The molecular formula is C10H17Br. The highest BCUT2D eigenvalue weighted by atomic mass is 79.9. The van der Waals surface area contributed by atoms with Gasteiger partial charge in [-0.2, -0.15) is 0 Å². The number of hydrogen-bond donors (Lipinski definition) is 0. The predicted octanol–water partition coefficient (Wildman–Crippen LogP) is 3.75. The predicted molar refractivity (Wildman–Crippen MR) is 54.9 cm³/mol. The monoisotopic (exact) mass is 216 g/mol. The molecule has 0 radical (unpaired) electrons. The van der Waals surface area contributed by atoms with Crippen LogP contribution in [0.15, 0.2) is 0 Å². The van der Waals surface area contributed by atoms with Crippen LogP contribution < -0.4 is 0 Å². The van der Waals surface area contributed by atoms with Gasteiger partial charge >= 0.3 is 0 Å². The van der Waals surface area contributed by atoms with Crippen molar-refractivity contribution in [3.8, 4) is 11.8 Å². The molecule has 0 atom stereocenters. The summed E-state index contributed by atoms with van der Waals surface area (Å²) in [7, 11) is 0. The van der Waals surface area contributed by atoms with Gasteiger partial charge in [-0.05, 0) is 12.8 Å². The molecule has 0 spiro atoms. The fraction of sp³-hybridized carbons (Fsp3) is 0.800. The Morgan fingerprint density at radius 3 is 2.18 bits per heavy atom. The third-order valence-corrected chi connectivity index (χ3v) is 2.03. The standard InChI is InChI=1S/C10H17Br/c1-2-3-4-5-6-7-8-9-10-11/h2-5,8-10H2,1H3. The van der Waals surface area contributed by atoms with Crippen LogP contribution >= 0.6 is 15.9 Å². The summed E-state index contributed by atoms with van der Waals surface area (Å²) < 4.78 is 0. The van der Waals surface area contributed by atoms with Crippen molar-refractivity contribution in [2.45, 2.75) is 45.4 Å². The summed E-state index contributed by atoms with van der Waals surface area (Å²) in [6.07, 6.45) is 7.22. The Bertz CT molecular complexity index is 119. The van der Waals surface area contributed by atoms with E-state index in [9.17, 15) is 0 Å². The Morgan fingerprint density at radius 1 is 1.00 bits per heavy atom. The lowest BCUT2D eigenvalue weighted by atomic mass is 10.2. The van der Waals surface area contributed by atoms with Crippen LogP contribution in [0, 0.1) is 11.8 Å². The van der Waals surface area contributed by atoms with Gasteiger partial charge in [0.05, 0.1) is 0 Å². The van der Waals surface area contributed by atoms with Crippen LogP contribution in [0.3, 0.4) is 0 Å². The molecule has 0 aromatic carbocycles. The summed E-state index contributed by atoms with van der Waals surface area (Å²) in [5.74, 6) is 6.35. The lowest BCUT2D eigenvalue weighted by Crippen LogP contribution is -1.73. The molecule has 0 aliphatic carbocycles. The molecule has 0 heterocycles. The quantitative estimate of drug-likeness (QED) is 0.374. The van der Waals surface area contributed by atoms with Crippen LogP contribution in [0.4, 0.5) is 0 Å². The largest absolute Gasteiger partial charge is 0.103 e. The van der Waals surface area contributed by atoms with Gasteiger partial charge in [0.1, 0.15) is 0 Å². The van der Waals surface area contributed by atoms with Crippen LogP contribution in [-0.2, 0) is 0 Å². The average Bonchev–Trinajstić information content (AvgIpc) is 2.03. The minimum Gasteiger partial charge on any atom is -0.103 e. The van der Waals surface area contributed by atoms with E-state index >= 15 is 0 Å². The fourth-order valence-electron chi connectivity index (χ4n) is 0.795. The first-order chi connectivity index (χ1) is 5.41. The third-order valence-electron chi connectivity index (χ3n) is 1.47. The highest BCUT2D eigenvalue weighted by Gasteiger charge is 1.80. The molecule has 1 heteroatoms. The van der Waals surface area contributed by atoms with Crippen molar-refractivity contribution >= 4 is 15.9 Å². The minimum atomic E-state index is 1.05. The molecule has 0 N–H and O–H groups in total. The first-order valence-corrected chi connectivity index (χ1v) is 5.55.